The number of hydrogen-bond donors (Lipinski definition) is 10. The van der Waals surface area contributed by atoms with E-state index in [0.29, 0.717) is 25.8 Å². The Morgan fingerprint density at radius 3 is 1.84 bits per heavy atom. The van der Waals surface area contributed by atoms with Gasteiger partial charge in [-0.25, -0.2) is 4.79 Å². The fourth-order valence-corrected chi connectivity index (χ4v) is 3.17. The maximum absolute atomic E-state index is 12.9. The molecular weight excluding hydrogens is 506 g/mol. The standard InChI is InChI=1S/C21H39N9O8/c22-8-2-1-5-13(20(37)38)29-18(35)12(6-7-16(32)33)28-19(36)14(10-15(24)31)30-17(34)11(23)4-3-9-27-21(25)26/h11-14H,1-10,22-23H2,(H2,24,31)(H,28,36)(H,29,35)(H,30,34)(H,32,33)(H,37,38)(H4,25,26,27). The van der Waals surface area contributed by atoms with E-state index in [1.807, 2.05) is 0 Å². The van der Waals surface area contributed by atoms with Crippen molar-refractivity contribution >= 4 is 41.5 Å². The van der Waals surface area contributed by atoms with Crippen LogP contribution in [0.15, 0.2) is 4.99 Å². The maximum Gasteiger partial charge on any atom is 0.326 e. The van der Waals surface area contributed by atoms with Crippen molar-refractivity contribution in [1.82, 2.24) is 16.0 Å². The van der Waals surface area contributed by atoms with Crippen LogP contribution < -0.4 is 44.6 Å². The molecule has 38 heavy (non-hydrogen) atoms. The van der Waals surface area contributed by atoms with Crippen LogP contribution in [0.4, 0.5) is 0 Å². The zero-order chi connectivity index (χ0) is 29.3. The second kappa shape index (κ2) is 18.3. The third-order valence-corrected chi connectivity index (χ3v) is 5.18. The van der Waals surface area contributed by atoms with Gasteiger partial charge in [0.25, 0.3) is 0 Å². The molecule has 0 saturated heterocycles. The molecule has 0 aliphatic heterocycles. The van der Waals surface area contributed by atoms with E-state index in [-0.39, 0.29) is 25.3 Å². The molecule has 15 N–H and O–H groups in total. The first kappa shape index (κ1) is 34.0. The van der Waals surface area contributed by atoms with Gasteiger partial charge in [-0.1, -0.05) is 0 Å². The number of nitrogens with two attached hydrogens (primary N) is 5. The smallest absolute Gasteiger partial charge is 0.326 e. The zero-order valence-corrected chi connectivity index (χ0v) is 21.1. The van der Waals surface area contributed by atoms with Gasteiger partial charge in [-0.05, 0) is 45.1 Å². The highest BCUT2D eigenvalue weighted by Gasteiger charge is 2.31. The number of unbranched alkanes of at least 4 members (excludes halogenated alkanes) is 1. The number of rotatable bonds is 20. The van der Waals surface area contributed by atoms with Gasteiger partial charge in [0.15, 0.2) is 5.96 Å². The average Bonchev–Trinajstić information content (AvgIpc) is 2.82. The molecule has 0 heterocycles. The molecule has 0 spiro atoms. The highest BCUT2D eigenvalue weighted by Crippen LogP contribution is 2.06. The lowest BCUT2D eigenvalue weighted by molar-refractivity contribution is -0.143. The number of guanidine groups is 1. The molecule has 17 heteroatoms. The Bertz CT molecular complexity index is 864. The van der Waals surface area contributed by atoms with Crippen molar-refractivity contribution in [2.24, 2.45) is 33.7 Å². The predicted molar refractivity (Wildman–Crippen MR) is 135 cm³/mol. The molecule has 0 aromatic heterocycles. The Kier molecular flexibility index (Phi) is 16.4. The lowest BCUT2D eigenvalue weighted by Gasteiger charge is -2.24. The highest BCUT2D eigenvalue weighted by molar-refractivity contribution is 5.96. The summed E-state index contributed by atoms with van der Waals surface area (Å²) >= 11 is 0. The number of carbonyl (C=O) groups excluding carboxylic acids is 4. The minimum atomic E-state index is -1.54. The van der Waals surface area contributed by atoms with E-state index in [4.69, 9.17) is 33.8 Å². The zero-order valence-electron chi connectivity index (χ0n) is 21.1. The van der Waals surface area contributed by atoms with Gasteiger partial charge in [-0.2, -0.15) is 0 Å². The van der Waals surface area contributed by atoms with E-state index in [1.165, 1.54) is 0 Å². The number of primary amides is 1. The summed E-state index contributed by atoms with van der Waals surface area (Å²) in [5.74, 6) is -6.47. The molecule has 0 bridgehead atoms. The number of carbonyl (C=O) groups is 6. The molecule has 0 fully saturated rings. The number of carboxylic acids is 2. The van der Waals surface area contributed by atoms with Gasteiger partial charge in [-0.3, -0.25) is 29.0 Å². The van der Waals surface area contributed by atoms with E-state index in [1.54, 1.807) is 0 Å². The molecule has 0 aliphatic carbocycles. The quantitative estimate of drug-likeness (QED) is 0.0395. The Labute approximate surface area is 219 Å². The number of aliphatic carboxylic acids is 2. The van der Waals surface area contributed by atoms with Crippen LogP contribution in [0, 0.1) is 0 Å². The SMILES string of the molecule is NCCCCC(NC(=O)C(CCC(=O)O)NC(=O)C(CC(N)=O)NC(=O)C(N)CCCN=C(N)N)C(=O)O. The second-order valence-corrected chi connectivity index (χ2v) is 8.46. The Balaban J connectivity index is 5.47. The van der Waals surface area contributed by atoms with Gasteiger partial charge in [0.2, 0.25) is 23.6 Å². The Hall–Kier alpha value is -3.99. The van der Waals surface area contributed by atoms with E-state index < -0.39 is 79.0 Å². The number of amides is 4. The van der Waals surface area contributed by atoms with Crippen LogP contribution in [-0.2, 0) is 28.8 Å². The van der Waals surface area contributed by atoms with E-state index in [9.17, 15) is 33.9 Å². The number of aliphatic imine (C=N–C) groups is 1. The normalized spacial score (nSPS) is 13.7. The van der Waals surface area contributed by atoms with Crippen LogP contribution in [0.1, 0.15) is 51.4 Å². The van der Waals surface area contributed by atoms with Crippen LogP contribution in [0.5, 0.6) is 0 Å². The molecule has 4 atom stereocenters. The van der Waals surface area contributed by atoms with Crippen molar-refractivity contribution in [1.29, 1.82) is 0 Å². The molecule has 0 aliphatic rings. The highest BCUT2D eigenvalue weighted by atomic mass is 16.4. The summed E-state index contributed by atoms with van der Waals surface area (Å²) < 4.78 is 0. The fraction of sp³-hybridized carbons (Fsp3) is 0.667. The first-order valence-electron chi connectivity index (χ1n) is 11.9. The van der Waals surface area contributed by atoms with Gasteiger partial charge in [0.05, 0.1) is 12.5 Å². The van der Waals surface area contributed by atoms with Gasteiger partial charge in [0, 0.05) is 13.0 Å². The molecule has 0 rings (SSSR count). The van der Waals surface area contributed by atoms with Crippen LogP contribution in [0.25, 0.3) is 0 Å². The van der Waals surface area contributed by atoms with Crippen LogP contribution in [0.2, 0.25) is 0 Å². The van der Waals surface area contributed by atoms with E-state index in [2.05, 4.69) is 20.9 Å². The minimum absolute atomic E-state index is 0.0549. The Morgan fingerprint density at radius 1 is 0.737 bits per heavy atom. The fourth-order valence-electron chi connectivity index (χ4n) is 3.17. The summed E-state index contributed by atoms with van der Waals surface area (Å²) in [5, 5.41) is 25.2. The molecule has 0 aromatic carbocycles. The number of hydrogen-bond acceptors (Lipinski definition) is 9. The minimum Gasteiger partial charge on any atom is -0.481 e. The van der Waals surface area contributed by atoms with Crippen molar-refractivity contribution in [2.45, 2.75) is 75.5 Å². The van der Waals surface area contributed by atoms with Gasteiger partial charge < -0.3 is 54.8 Å². The average molecular weight is 546 g/mol. The molecule has 0 radical (unpaired) electrons. The van der Waals surface area contributed by atoms with Crippen molar-refractivity contribution in [3.63, 3.8) is 0 Å². The number of nitrogens with zero attached hydrogens (tertiary/aromatic N) is 1. The first-order valence-corrected chi connectivity index (χ1v) is 11.9. The van der Waals surface area contributed by atoms with E-state index in [0.717, 1.165) is 0 Å². The van der Waals surface area contributed by atoms with Crippen LogP contribution >= 0.6 is 0 Å². The molecule has 4 amide bonds. The molecule has 4 unspecified atom stereocenters. The van der Waals surface area contributed by atoms with Crippen molar-refractivity contribution < 1.29 is 39.0 Å². The van der Waals surface area contributed by atoms with Crippen molar-refractivity contribution in [3.8, 4) is 0 Å². The molecule has 17 nitrogen and oxygen atoms in total. The van der Waals surface area contributed by atoms with Gasteiger partial charge in [-0.15, -0.1) is 0 Å². The Morgan fingerprint density at radius 2 is 1.32 bits per heavy atom. The third kappa shape index (κ3) is 15.2. The summed E-state index contributed by atoms with van der Waals surface area (Å²) in [6, 6.07) is -5.43. The first-order chi connectivity index (χ1) is 17.8. The summed E-state index contributed by atoms with van der Waals surface area (Å²) in [7, 11) is 0. The molecule has 0 aromatic rings. The monoisotopic (exact) mass is 545 g/mol. The largest absolute Gasteiger partial charge is 0.481 e. The summed E-state index contributed by atoms with van der Waals surface area (Å²) in [6.45, 7) is 0.531. The number of nitrogens with one attached hydrogen (secondary N) is 3. The predicted octanol–water partition coefficient (Wildman–Crippen LogP) is -4.22. The van der Waals surface area contributed by atoms with Crippen LogP contribution in [0.3, 0.4) is 0 Å². The van der Waals surface area contributed by atoms with Gasteiger partial charge >= 0.3 is 11.9 Å². The third-order valence-electron chi connectivity index (χ3n) is 5.18. The molecule has 216 valence electrons. The van der Waals surface area contributed by atoms with E-state index >= 15 is 0 Å². The van der Waals surface area contributed by atoms with Crippen molar-refractivity contribution in [2.75, 3.05) is 13.1 Å². The lowest BCUT2D eigenvalue weighted by Crippen LogP contribution is -2.57. The molecule has 0 saturated carbocycles. The summed E-state index contributed by atoms with van der Waals surface area (Å²) in [6.07, 6.45) is -0.144. The maximum atomic E-state index is 12.9. The molecular formula is C21H39N9O8. The van der Waals surface area contributed by atoms with Gasteiger partial charge in [0.1, 0.15) is 18.1 Å². The number of carboxylic acid groups (broad SMARTS) is 2. The van der Waals surface area contributed by atoms with Crippen LogP contribution in [-0.4, -0.2) is 89.0 Å². The summed E-state index contributed by atoms with van der Waals surface area (Å²) in [5.41, 5.74) is 26.8. The van der Waals surface area contributed by atoms with Crippen molar-refractivity contribution in [3.05, 3.63) is 0 Å². The second-order valence-electron chi connectivity index (χ2n) is 8.46. The summed E-state index contributed by atoms with van der Waals surface area (Å²) in [4.78, 5) is 76.0. The topological polar surface area (TPSA) is 321 Å². The lowest BCUT2D eigenvalue weighted by atomic mass is 10.1.